The van der Waals surface area contributed by atoms with E-state index in [0.29, 0.717) is 6.42 Å². The predicted molar refractivity (Wildman–Crippen MR) is 60.2 cm³/mol. The zero-order chi connectivity index (χ0) is 11.4. The van der Waals surface area contributed by atoms with Crippen LogP contribution in [0.3, 0.4) is 0 Å². The lowest BCUT2D eigenvalue weighted by Gasteiger charge is -2.40. The molecule has 1 unspecified atom stereocenters. The number of rotatable bonds is 4. The summed E-state index contributed by atoms with van der Waals surface area (Å²) in [4.78, 5) is 0. The predicted octanol–water partition coefficient (Wildman–Crippen LogP) is 1.35. The second-order valence-electron chi connectivity index (χ2n) is 4.27. The Balaban J connectivity index is 2.02. The fourth-order valence-corrected chi connectivity index (χ4v) is 2.27. The smallest absolute Gasteiger partial charge is 0.105 e. The molecule has 0 amide bonds. The van der Waals surface area contributed by atoms with E-state index in [-0.39, 0.29) is 11.6 Å². The van der Waals surface area contributed by atoms with Gasteiger partial charge in [0.25, 0.3) is 0 Å². The fraction of sp³-hybridized carbons (Fsp3) is 0.667. The van der Waals surface area contributed by atoms with Gasteiger partial charge in [0.05, 0.1) is 11.9 Å². The largest absolute Gasteiger partial charge is 0.469 e. The van der Waals surface area contributed by atoms with Crippen molar-refractivity contribution in [2.45, 2.75) is 30.9 Å². The van der Waals surface area contributed by atoms with Crippen molar-refractivity contribution in [3.05, 3.63) is 24.2 Å². The Hall–Kier alpha value is -0.840. The maximum Gasteiger partial charge on any atom is 0.105 e. The van der Waals surface area contributed by atoms with Gasteiger partial charge in [0.1, 0.15) is 5.76 Å². The van der Waals surface area contributed by atoms with Gasteiger partial charge in [-0.3, -0.25) is 0 Å². The van der Waals surface area contributed by atoms with Gasteiger partial charge in [-0.1, -0.05) is 0 Å². The van der Waals surface area contributed by atoms with Crippen molar-refractivity contribution in [2.24, 2.45) is 5.73 Å². The highest BCUT2D eigenvalue weighted by molar-refractivity contribution is 5.04. The van der Waals surface area contributed by atoms with Gasteiger partial charge < -0.3 is 19.6 Å². The van der Waals surface area contributed by atoms with Crippen LogP contribution in [0.2, 0.25) is 0 Å². The minimum atomic E-state index is -0.259. The molecule has 0 aliphatic carbocycles. The van der Waals surface area contributed by atoms with E-state index in [4.69, 9.17) is 19.6 Å². The summed E-state index contributed by atoms with van der Waals surface area (Å²) in [5, 5.41) is 0. The van der Waals surface area contributed by atoms with Gasteiger partial charge in [-0.2, -0.15) is 0 Å². The van der Waals surface area contributed by atoms with Crippen LogP contribution in [0.4, 0.5) is 0 Å². The molecule has 1 aromatic heterocycles. The molecule has 1 aliphatic rings. The lowest BCUT2D eigenvalue weighted by molar-refractivity contribution is -0.104. The van der Waals surface area contributed by atoms with E-state index in [0.717, 1.165) is 31.8 Å². The van der Waals surface area contributed by atoms with Crippen LogP contribution in [0.25, 0.3) is 0 Å². The highest BCUT2D eigenvalue weighted by atomic mass is 16.5. The number of hydrogen-bond donors (Lipinski definition) is 1. The van der Waals surface area contributed by atoms with Crippen molar-refractivity contribution >= 4 is 0 Å². The third-order valence-electron chi connectivity index (χ3n) is 3.42. The first kappa shape index (κ1) is 11.6. The van der Waals surface area contributed by atoms with Crippen molar-refractivity contribution in [1.82, 2.24) is 0 Å². The molecule has 1 fully saturated rings. The van der Waals surface area contributed by atoms with Crippen LogP contribution in [0, 0.1) is 0 Å². The van der Waals surface area contributed by atoms with Gasteiger partial charge in [-0.15, -0.1) is 0 Å². The van der Waals surface area contributed by atoms with Crippen LogP contribution < -0.4 is 5.73 Å². The van der Waals surface area contributed by atoms with Crippen LogP contribution in [-0.4, -0.2) is 32.0 Å². The van der Waals surface area contributed by atoms with Crippen molar-refractivity contribution in [3.8, 4) is 0 Å². The topological polar surface area (TPSA) is 57.6 Å². The summed E-state index contributed by atoms with van der Waals surface area (Å²) in [7, 11) is 1.73. The molecule has 2 heterocycles. The molecular weight excluding hydrogens is 206 g/mol. The summed E-state index contributed by atoms with van der Waals surface area (Å²) in [5.74, 6) is 0.912. The Kier molecular flexibility index (Phi) is 3.63. The van der Waals surface area contributed by atoms with Crippen LogP contribution >= 0.6 is 0 Å². The van der Waals surface area contributed by atoms with Gasteiger partial charge in [0.2, 0.25) is 0 Å². The Morgan fingerprint density at radius 3 is 2.81 bits per heavy atom. The first-order valence-electron chi connectivity index (χ1n) is 5.68. The number of furan rings is 1. The number of methoxy groups -OCH3 is 1. The average Bonchev–Trinajstić information content (AvgIpc) is 2.82. The summed E-state index contributed by atoms with van der Waals surface area (Å²) in [6, 6.07) is 3.78. The van der Waals surface area contributed by atoms with Crippen LogP contribution in [0.15, 0.2) is 22.8 Å². The summed E-state index contributed by atoms with van der Waals surface area (Å²) in [6.07, 6.45) is 4.09. The molecule has 4 heteroatoms. The molecule has 0 bridgehead atoms. The standard InChI is InChI=1S/C12H19NO3/c1-14-12(4-7-15-8-5-12)11(13)9-10-3-2-6-16-10/h2-3,6,11H,4-5,7-9,13H2,1H3. The third-order valence-corrected chi connectivity index (χ3v) is 3.42. The molecule has 2 N–H and O–H groups in total. The minimum Gasteiger partial charge on any atom is -0.469 e. The fourth-order valence-electron chi connectivity index (χ4n) is 2.27. The number of nitrogens with two attached hydrogens (primary N) is 1. The van der Waals surface area contributed by atoms with Gasteiger partial charge in [-0.05, 0) is 12.1 Å². The lowest BCUT2D eigenvalue weighted by atomic mass is 9.84. The molecule has 0 aromatic carbocycles. The molecule has 1 atom stereocenters. The summed E-state index contributed by atoms with van der Waals surface area (Å²) < 4.78 is 16.3. The molecule has 2 rings (SSSR count). The van der Waals surface area contributed by atoms with E-state index < -0.39 is 0 Å². The molecule has 0 saturated carbocycles. The summed E-state index contributed by atoms with van der Waals surface area (Å²) in [6.45, 7) is 1.44. The van der Waals surface area contributed by atoms with Crippen molar-refractivity contribution < 1.29 is 13.9 Å². The number of ether oxygens (including phenoxy) is 2. The Morgan fingerprint density at radius 1 is 1.50 bits per heavy atom. The van der Waals surface area contributed by atoms with E-state index >= 15 is 0 Å². The monoisotopic (exact) mass is 225 g/mol. The highest BCUT2D eigenvalue weighted by Crippen LogP contribution is 2.28. The Bertz CT molecular complexity index is 304. The Labute approximate surface area is 95.7 Å². The van der Waals surface area contributed by atoms with Gasteiger partial charge in [-0.25, -0.2) is 0 Å². The third kappa shape index (κ3) is 2.29. The molecule has 90 valence electrons. The van der Waals surface area contributed by atoms with Crippen molar-refractivity contribution in [1.29, 1.82) is 0 Å². The Morgan fingerprint density at radius 2 is 2.25 bits per heavy atom. The van der Waals surface area contributed by atoms with Crippen molar-refractivity contribution in [2.75, 3.05) is 20.3 Å². The van der Waals surface area contributed by atoms with E-state index in [2.05, 4.69) is 0 Å². The first-order valence-corrected chi connectivity index (χ1v) is 5.68. The zero-order valence-electron chi connectivity index (χ0n) is 9.65. The normalized spacial score (nSPS) is 21.9. The molecule has 1 aromatic rings. The summed E-state index contributed by atoms with van der Waals surface area (Å²) >= 11 is 0. The second-order valence-corrected chi connectivity index (χ2v) is 4.27. The zero-order valence-corrected chi connectivity index (χ0v) is 9.65. The van der Waals surface area contributed by atoms with Crippen LogP contribution in [-0.2, 0) is 15.9 Å². The van der Waals surface area contributed by atoms with Gasteiger partial charge in [0, 0.05) is 45.6 Å². The number of hydrogen-bond acceptors (Lipinski definition) is 4. The van der Waals surface area contributed by atoms with Crippen LogP contribution in [0.1, 0.15) is 18.6 Å². The second kappa shape index (κ2) is 4.99. The molecule has 0 spiro atoms. The van der Waals surface area contributed by atoms with Gasteiger partial charge >= 0.3 is 0 Å². The van der Waals surface area contributed by atoms with E-state index in [1.54, 1.807) is 13.4 Å². The maximum atomic E-state index is 6.24. The summed E-state index contributed by atoms with van der Waals surface area (Å²) in [5.41, 5.74) is 5.99. The molecule has 1 aliphatic heterocycles. The highest BCUT2D eigenvalue weighted by Gasteiger charge is 2.38. The maximum absolute atomic E-state index is 6.24. The first-order chi connectivity index (χ1) is 7.77. The molecule has 16 heavy (non-hydrogen) atoms. The lowest BCUT2D eigenvalue weighted by Crippen LogP contribution is -2.53. The van der Waals surface area contributed by atoms with Crippen molar-refractivity contribution in [3.63, 3.8) is 0 Å². The molecule has 1 saturated heterocycles. The van der Waals surface area contributed by atoms with Gasteiger partial charge in [0.15, 0.2) is 0 Å². The van der Waals surface area contributed by atoms with Crippen LogP contribution in [0.5, 0.6) is 0 Å². The van der Waals surface area contributed by atoms with E-state index in [1.165, 1.54) is 0 Å². The molecular formula is C12H19NO3. The average molecular weight is 225 g/mol. The molecule has 4 nitrogen and oxygen atoms in total. The molecule has 0 radical (unpaired) electrons. The van der Waals surface area contributed by atoms with E-state index in [9.17, 15) is 0 Å². The SMILES string of the molecule is COC1(C(N)Cc2ccco2)CCOCC1. The quantitative estimate of drug-likeness (QED) is 0.840. The van der Waals surface area contributed by atoms with E-state index in [1.807, 2.05) is 12.1 Å². The minimum absolute atomic E-state index is 0.0486.